The van der Waals surface area contributed by atoms with Crippen LogP contribution in [0.3, 0.4) is 0 Å². The van der Waals surface area contributed by atoms with Crippen LogP contribution in [0.4, 0.5) is 4.79 Å². The second kappa shape index (κ2) is 4.97. The summed E-state index contributed by atoms with van der Waals surface area (Å²) >= 11 is 0. The summed E-state index contributed by atoms with van der Waals surface area (Å²) in [6, 6.07) is -0.400. The number of rotatable bonds is 2. The molecule has 2 rings (SSSR count). The largest absolute Gasteiger partial charge is 0.479 e. The van der Waals surface area contributed by atoms with E-state index in [9.17, 15) is 19.8 Å². The van der Waals surface area contributed by atoms with Crippen molar-refractivity contribution in [2.24, 2.45) is 0 Å². The van der Waals surface area contributed by atoms with E-state index in [1.165, 1.54) is 0 Å². The molecule has 0 saturated carbocycles. The molecule has 2 aliphatic heterocycles. The molecule has 2 aliphatic rings. The summed E-state index contributed by atoms with van der Waals surface area (Å²) in [4.78, 5) is 24.9. The monoisotopic (exact) mass is 272 g/mol. The molecule has 1 unspecified atom stereocenters. The first-order valence-corrected chi connectivity index (χ1v) is 6.45. The van der Waals surface area contributed by atoms with Gasteiger partial charge in [0.2, 0.25) is 0 Å². The highest BCUT2D eigenvalue weighted by Crippen LogP contribution is 2.23. The van der Waals surface area contributed by atoms with Crippen LogP contribution in [0.15, 0.2) is 0 Å². The number of carboxylic acid groups (broad SMARTS) is 1. The molecule has 2 fully saturated rings. The fourth-order valence-corrected chi connectivity index (χ4v) is 2.36. The number of nitrogens with one attached hydrogen (secondary N) is 1. The van der Waals surface area contributed by atoms with Crippen LogP contribution in [0, 0.1) is 0 Å². The third kappa shape index (κ3) is 2.98. The molecule has 0 aliphatic carbocycles. The van der Waals surface area contributed by atoms with E-state index < -0.39 is 23.1 Å². The van der Waals surface area contributed by atoms with Gasteiger partial charge in [-0.2, -0.15) is 0 Å². The Labute approximate surface area is 111 Å². The highest BCUT2D eigenvalue weighted by Gasteiger charge is 2.45. The summed E-state index contributed by atoms with van der Waals surface area (Å²) in [5.41, 5.74) is -2.05. The average molecular weight is 272 g/mol. The molecule has 7 nitrogen and oxygen atoms in total. The van der Waals surface area contributed by atoms with E-state index in [1.807, 2.05) is 0 Å². The van der Waals surface area contributed by atoms with Gasteiger partial charge in [-0.1, -0.05) is 0 Å². The Morgan fingerprint density at radius 1 is 1.26 bits per heavy atom. The SMILES string of the molecule is CC1(O)CCN(C(=O)NC2(C(=O)O)CCOC2)CC1. The highest BCUT2D eigenvalue weighted by atomic mass is 16.5. The lowest BCUT2D eigenvalue weighted by Gasteiger charge is -2.37. The number of carboxylic acids is 1. The summed E-state index contributed by atoms with van der Waals surface area (Å²) in [6.07, 6.45) is 1.27. The fraction of sp³-hybridized carbons (Fsp3) is 0.833. The van der Waals surface area contributed by atoms with Crippen LogP contribution in [0.25, 0.3) is 0 Å². The molecule has 0 aromatic heterocycles. The molecule has 2 heterocycles. The Morgan fingerprint density at radius 3 is 2.37 bits per heavy atom. The van der Waals surface area contributed by atoms with E-state index in [1.54, 1.807) is 11.8 Å². The van der Waals surface area contributed by atoms with Crippen molar-refractivity contribution in [3.8, 4) is 0 Å². The number of hydrogen-bond donors (Lipinski definition) is 3. The third-order valence-electron chi connectivity index (χ3n) is 3.91. The first kappa shape index (κ1) is 14.1. The van der Waals surface area contributed by atoms with Crippen LogP contribution in [-0.2, 0) is 9.53 Å². The standard InChI is InChI=1S/C12H20N2O5/c1-11(18)2-5-14(6-3-11)10(17)13-12(9(15)16)4-7-19-8-12/h18H,2-8H2,1H3,(H,13,17)(H,15,16). The van der Waals surface area contributed by atoms with Crippen molar-refractivity contribution in [3.63, 3.8) is 0 Å². The molecular formula is C12H20N2O5. The lowest BCUT2D eigenvalue weighted by atomic mass is 9.94. The van der Waals surface area contributed by atoms with Crippen LogP contribution < -0.4 is 5.32 Å². The third-order valence-corrected chi connectivity index (χ3v) is 3.91. The van der Waals surface area contributed by atoms with Crippen LogP contribution in [0.1, 0.15) is 26.2 Å². The summed E-state index contributed by atoms with van der Waals surface area (Å²) in [5, 5.41) is 21.6. The number of likely N-dealkylation sites (tertiary alicyclic amines) is 1. The number of urea groups is 1. The summed E-state index contributed by atoms with van der Waals surface area (Å²) in [5.74, 6) is -1.07. The van der Waals surface area contributed by atoms with Gasteiger partial charge in [0.25, 0.3) is 0 Å². The van der Waals surface area contributed by atoms with Crippen molar-refractivity contribution in [3.05, 3.63) is 0 Å². The van der Waals surface area contributed by atoms with E-state index in [-0.39, 0.29) is 13.0 Å². The molecule has 0 aromatic rings. The van der Waals surface area contributed by atoms with Gasteiger partial charge in [-0.05, 0) is 19.8 Å². The predicted octanol–water partition coefficient (Wildman–Crippen LogP) is -0.213. The normalized spacial score (nSPS) is 30.1. The molecular weight excluding hydrogens is 252 g/mol. The molecule has 0 aromatic carbocycles. The maximum Gasteiger partial charge on any atom is 0.332 e. The first-order valence-electron chi connectivity index (χ1n) is 6.45. The predicted molar refractivity (Wildman–Crippen MR) is 65.8 cm³/mol. The molecule has 0 spiro atoms. The van der Waals surface area contributed by atoms with Gasteiger partial charge in [-0.25, -0.2) is 9.59 Å². The van der Waals surface area contributed by atoms with Crippen LogP contribution in [0.5, 0.6) is 0 Å². The maximum absolute atomic E-state index is 12.1. The highest BCUT2D eigenvalue weighted by molar-refractivity contribution is 5.86. The van der Waals surface area contributed by atoms with Gasteiger partial charge in [0.15, 0.2) is 5.54 Å². The number of nitrogens with zero attached hydrogens (tertiary/aromatic N) is 1. The van der Waals surface area contributed by atoms with Gasteiger partial charge in [0.1, 0.15) is 0 Å². The van der Waals surface area contributed by atoms with Crippen LogP contribution >= 0.6 is 0 Å². The number of aliphatic carboxylic acids is 1. The number of ether oxygens (including phenoxy) is 1. The summed E-state index contributed by atoms with van der Waals surface area (Å²) in [7, 11) is 0. The van der Waals surface area contributed by atoms with Gasteiger partial charge in [0.05, 0.1) is 12.2 Å². The zero-order valence-corrected chi connectivity index (χ0v) is 11.0. The first-order chi connectivity index (χ1) is 8.85. The fourth-order valence-electron chi connectivity index (χ4n) is 2.36. The molecule has 0 bridgehead atoms. The summed E-state index contributed by atoms with van der Waals surface area (Å²) in [6.45, 7) is 2.93. The molecule has 7 heteroatoms. The number of hydrogen-bond acceptors (Lipinski definition) is 4. The van der Waals surface area contributed by atoms with E-state index >= 15 is 0 Å². The molecule has 19 heavy (non-hydrogen) atoms. The van der Waals surface area contributed by atoms with Gasteiger partial charge < -0.3 is 25.2 Å². The van der Waals surface area contributed by atoms with E-state index in [0.717, 1.165) is 0 Å². The Kier molecular flexibility index (Phi) is 3.69. The lowest BCUT2D eigenvalue weighted by Crippen LogP contribution is -2.60. The molecule has 3 N–H and O–H groups in total. The molecule has 0 radical (unpaired) electrons. The van der Waals surface area contributed by atoms with E-state index in [4.69, 9.17) is 4.74 Å². The Bertz CT molecular complexity index is 366. The Balaban J connectivity index is 1.95. The second-order valence-electron chi connectivity index (χ2n) is 5.60. The van der Waals surface area contributed by atoms with Gasteiger partial charge in [0, 0.05) is 26.1 Å². The second-order valence-corrected chi connectivity index (χ2v) is 5.60. The minimum absolute atomic E-state index is 0.000368. The van der Waals surface area contributed by atoms with Gasteiger partial charge in [-0.3, -0.25) is 0 Å². The van der Waals surface area contributed by atoms with Crippen molar-refractivity contribution in [1.82, 2.24) is 10.2 Å². The minimum atomic E-state index is -1.31. The summed E-state index contributed by atoms with van der Waals surface area (Å²) < 4.78 is 5.09. The Hall–Kier alpha value is -1.34. The number of carbonyl (C=O) groups excluding carboxylic acids is 1. The maximum atomic E-state index is 12.1. The average Bonchev–Trinajstić information content (AvgIpc) is 2.78. The molecule has 2 amide bonds. The van der Waals surface area contributed by atoms with Gasteiger partial charge >= 0.3 is 12.0 Å². The topological polar surface area (TPSA) is 99.1 Å². The molecule has 2 saturated heterocycles. The number of piperidine rings is 1. The smallest absolute Gasteiger partial charge is 0.332 e. The number of aliphatic hydroxyl groups is 1. The molecule has 108 valence electrons. The van der Waals surface area contributed by atoms with Gasteiger partial charge in [-0.15, -0.1) is 0 Å². The number of amides is 2. The van der Waals surface area contributed by atoms with Crippen LogP contribution in [0.2, 0.25) is 0 Å². The van der Waals surface area contributed by atoms with Crippen molar-refractivity contribution >= 4 is 12.0 Å². The lowest BCUT2D eigenvalue weighted by molar-refractivity contribution is -0.144. The Morgan fingerprint density at radius 2 is 1.89 bits per heavy atom. The van der Waals surface area contributed by atoms with Crippen molar-refractivity contribution in [1.29, 1.82) is 0 Å². The minimum Gasteiger partial charge on any atom is -0.479 e. The van der Waals surface area contributed by atoms with Crippen molar-refractivity contribution < 1.29 is 24.5 Å². The van der Waals surface area contributed by atoms with Crippen molar-refractivity contribution in [2.45, 2.75) is 37.3 Å². The zero-order chi connectivity index (χ0) is 14.1. The van der Waals surface area contributed by atoms with E-state index in [2.05, 4.69) is 5.32 Å². The molecule has 1 atom stereocenters. The van der Waals surface area contributed by atoms with Crippen molar-refractivity contribution in [2.75, 3.05) is 26.3 Å². The quantitative estimate of drug-likeness (QED) is 0.646. The van der Waals surface area contributed by atoms with Crippen LogP contribution in [-0.4, -0.2) is 64.6 Å². The van der Waals surface area contributed by atoms with E-state index in [0.29, 0.717) is 32.5 Å². The number of carbonyl (C=O) groups is 2. The zero-order valence-electron chi connectivity index (χ0n) is 11.0.